The standard InChI is InChI=1S/C16H23FO/c1-3-4-13-5-7-16(18,8-6-13)14-9-12(2)10-15(17)11-14/h9-11,13,18H,3-8H2,1-2H3. The zero-order chi connectivity index (χ0) is 13.2. The molecule has 0 unspecified atom stereocenters. The molecule has 1 N–H and O–H groups in total. The molecule has 1 aromatic rings. The molecule has 0 aromatic heterocycles. The van der Waals surface area contributed by atoms with Crippen LogP contribution in [0.2, 0.25) is 0 Å². The molecule has 1 nitrogen and oxygen atoms in total. The highest BCUT2D eigenvalue weighted by atomic mass is 19.1. The maximum atomic E-state index is 13.4. The van der Waals surface area contributed by atoms with Crippen molar-refractivity contribution in [2.24, 2.45) is 5.92 Å². The number of benzene rings is 1. The summed E-state index contributed by atoms with van der Waals surface area (Å²) in [5, 5.41) is 10.7. The van der Waals surface area contributed by atoms with E-state index in [1.165, 1.54) is 25.0 Å². The maximum Gasteiger partial charge on any atom is 0.123 e. The Hall–Kier alpha value is -0.890. The molecular formula is C16H23FO. The van der Waals surface area contributed by atoms with Crippen LogP contribution in [0.5, 0.6) is 0 Å². The van der Waals surface area contributed by atoms with Crippen molar-refractivity contribution < 1.29 is 9.50 Å². The highest BCUT2D eigenvalue weighted by Crippen LogP contribution is 2.41. The Kier molecular flexibility index (Phi) is 4.06. The number of aryl methyl sites for hydroxylation is 1. The molecule has 18 heavy (non-hydrogen) atoms. The monoisotopic (exact) mass is 250 g/mol. The summed E-state index contributed by atoms with van der Waals surface area (Å²) in [5.74, 6) is 0.499. The van der Waals surface area contributed by atoms with Crippen LogP contribution in [0, 0.1) is 18.7 Å². The van der Waals surface area contributed by atoms with Gasteiger partial charge in [-0.25, -0.2) is 4.39 Å². The minimum Gasteiger partial charge on any atom is -0.385 e. The van der Waals surface area contributed by atoms with Crippen molar-refractivity contribution >= 4 is 0 Å². The maximum absolute atomic E-state index is 13.4. The summed E-state index contributed by atoms with van der Waals surface area (Å²) < 4.78 is 13.4. The van der Waals surface area contributed by atoms with Crippen molar-refractivity contribution in [3.63, 3.8) is 0 Å². The minimum absolute atomic E-state index is 0.242. The Balaban J connectivity index is 2.13. The quantitative estimate of drug-likeness (QED) is 0.847. The van der Waals surface area contributed by atoms with E-state index < -0.39 is 5.60 Å². The molecule has 100 valence electrons. The lowest BCUT2D eigenvalue weighted by Gasteiger charge is -2.36. The van der Waals surface area contributed by atoms with Gasteiger partial charge in [-0.1, -0.05) is 25.8 Å². The van der Waals surface area contributed by atoms with Crippen molar-refractivity contribution in [3.05, 3.63) is 35.1 Å². The Labute approximate surface area is 109 Å². The summed E-state index contributed by atoms with van der Waals surface area (Å²) in [7, 11) is 0. The van der Waals surface area contributed by atoms with Crippen molar-refractivity contribution in [1.29, 1.82) is 0 Å². The van der Waals surface area contributed by atoms with Gasteiger partial charge in [0.25, 0.3) is 0 Å². The fourth-order valence-corrected chi connectivity index (χ4v) is 3.15. The largest absolute Gasteiger partial charge is 0.385 e. The molecule has 1 aromatic carbocycles. The van der Waals surface area contributed by atoms with Crippen LogP contribution < -0.4 is 0 Å². The smallest absolute Gasteiger partial charge is 0.123 e. The topological polar surface area (TPSA) is 20.2 Å². The van der Waals surface area contributed by atoms with E-state index in [1.807, 2.05) is 13.0 Å². The number of hydrogen-bond donors (Lipinski definition) is 1. The number of hydrogen-bond acceptors (Lipinski definition) is 1. The zero-order valence-corrected chi connectivity index (χ0v) is 11.4. The summed E-state index contributed by atoms with van der Waals surface area (Å²) in [6.45, 7) is 4.08. The molecule has 2 rings (SSSR count). The van der Waals surface area contributed by atoms with Gasteiger partial charge < -0.3 is 5.11 Å². The van der Waals surface area contributed by atoms with Gasteiger partial charge in [0.05, 0.1) is 5.60 Å². The zero-order valence-electron chi connectivity index (χ0n) is 11.4. The second-order valence-electron chi connectivity index (χ2n) is 5.78. The van der Waals surface area contributed by atoms with Crippen LogP contribution in [0.4, 0.5) is 4.39 Å². The highest BCUT2D eigenvalue weighted by Gasteiger charge is 2.34. The molecule has 0 heterocycles. The molecular weight excluding hydrogens is 227 g/mol. The molecule has 0 amide bonds. The predicted molar refractivity (Wildman–Crippen MR) is 71.9 cm³/mol. The van der Waals surface area contributed by atoms with Crippen LogP contribution in [0.1, 0.15) is 56.6 Å². The van der Waals surface area contributed by atoms with E-state index in [-0.39, 0.29) is 5.82 Å². The van der Waals surface area contributed by atoms with Gasteiger partial charge in [-0.2, -0.15) is 0 Å². The summed E-state index contributed by atoms with van der Waals surface area (Å²) in [4.78, 5) is 0. The number of rotatable bonds is 3. The highest BCUT2D eigenvalue weighted by molar-refractivity contribution is 5.29. The van der Waals surface area contributed by atoms with Gasteiger partial charge in [0.1, 0.15) is 5.82 Å². The molecule has 2 heteroatoms. The fourth-order valence-electron chi connectivity index (χ4n) is 3.15. The third-order valence-electron chi connectivity index (χ3n) is 4.21. The van der Waals surface area contributed by atoms with Crippen molar-refractivity contribution in [2.75, 3.05) is 0 Å². The van der Waals surface area contributed by atoms with Gasteiger partial charge in [0.15, 0.2) is 0 Å². The summed E-state index contributed by atoms with van der Waals surface area (Å²) >= 11 is 0. The molecule has 1 aliphatic rings. The first-order chi connectivity index (χ1) is 8.53. The second-order valence-corrected chi connectivity index (χ2v) is 5.78. The number of aliphatic hydroxyl groups is 1. The van der Waals surface area contributed by atoms with Gasteiger partial charge in [0, 0.05) is 0 Å². The van der Waals surface area contributed by atoms with Gasteiger partial charge in [-0.05, 0) is 61.8 Å². The molecule has 0 atom stereocenters. The lowest BCUT2D eigenvalue weighted by molar-refractivity contribution is -0.0155. The van der Waals surface area contributed by atoms with Crippen molar-refractivity contribution in [1.82, 2.24) is 0 Å². The minimum atomic E-state index is -0.808. The third kappa shape index (κ3) is 2.92. The molecule has 0 radical (unpaired) electrons. The van der Waals surface area contributed by atoms with E-state index in [4.69, 9.17) is 0 Å². The van der Waals surface area contributed by atoms with Gasteiger partial charge in [-0.3, -0.25) is 0 Å². The van der Waals surface area contributed by atoms with Crippen LogP contribution in [-0.4, -0.2) is 5.11 Å². The first-order valence-corrected chi connectivity index (χ1v) is 7.03. The molecule has 0 spiro atoms. The predicted octanol–water partition coefficient (Wildman–Crippen LogP) is 4.31. The molecule has 0 aliphatic heterocycles. The van der Waals surface area contributed by atoms with E-state index in [9.17, 15) is 9.50 Å². The SMILES string of the molecule is CCCC1CCC(O)(c2cc(C)cc(F)c2)CC1. The first kappa shape index (κ1) is 13.5. The molecule has 1 fully saturated rings. The molecule has 1 saturated carbocycles. The Bertz CT molecular complexity index is 385. The van der Waals surface area contributed by atoms with E-state index in [0.717, 1.165) is 42.7 Å². The second kappa shape index (κ2) is 5.40. The van der Waals surface area contributed by atoms with Crippen LogP contribution in [0.3, 0.4) is 0 Å². The van der Waals surface area contributed by atoms with Crippen LogP contribution in [0.25, 0.3) is 0 Å². The van der Waals surface area contributed by atoms with E-state index >= 15 is 0 Å². The van der Waals surface area contributed by atoms with E-state index in [0.29, 0.717) is 0 Å². The summed E-state index contributed by atoms with van der Waals surface area (Å²) in [5.41, 5.74) is 0.834. The Morgan fingerprint density at radius 1 is 1.28 bits per heavy atom. The Morgan fingerprint density at radius 2 is 1.94 bits per heavy atom. The Morgan fingerprint density at radius 3 is 2.50 bits per heavy atom. The van der Waals surface area contributed by atoms with Crippen molar-refractivity contribution in [2.45, 2.75) is 58.0 Å². The average Bonchev–Trinajstić information content (AvgIpc) is 2.31. The lowest BCUT2D eigenvalue weighted by Crippen LogP contribution is -2.31. The summed E-state index contributed by atoms with van der Waals surface area (Å²) in [6, 6.07) is 4.92. The molecule has 1 aliphatic carbocycles. The molecule has 0 saturated heterocycles. The number of halogens is 1. The lowest BCUT2D eigenvalue weighted by atomic mass is 9.74. The van der Waals surface area contributed by atoms with Gasteiger partial charge >= 0.3 is 0 Å². The normalized spacial score (nSPS) is 28.3. The average molecular weight is 250 g/mol. The van der Waals surface area contributed by atoms with Crippen LogP contribution >= 0.6 is 0 Å². The third-order valence-corrected chi connectivity index (χ3v) is 4.21. The van der Waals surface area contributed by atoms with Gasteiger partial charge in [0.2, 0.25) is 0 Å². The van der Waals surface area contributed by atoms with Gasteiger partial charge in [-0.15, -0.1) is 0 Å². The fraction of sp³-hybridized carbons (Fsp3) is 0.625. The van der Waals surface area contributed by atoms with Crippen LogP contribution in [-0.2, 0) is 5.60 Å². The summed E-state index contributed by atoms with van der Waals surface area (Å²) in [6.07, 6.45) is 6.10. The van der Waals surface area contributed by atoms with E-state index in [1.54, 1.807) is 0 Å². The van der Waals surface area contributed by atoms with Crippen molar-refractivity contribution in [3.8, 4) is 0 Å². The molecule has 0 bridgehead atoms. The first-order valence-electron chi connectivity index (χ1n) is 7.03. The van der Waals surface area contributed by atoms with E-state index in [2.05, 4.69) is 6.92 Å². The van der Waals surface area contributed by atoms with Crippen LogP contribution in [0.15, 0.2) is 18.2 Å².